The molecule has 6 aromatic rings. The Morgan fingerprint density at radius 2 is 1.79 bits per heavy atom. The Bertz CT molecular complexity index is 1840. The summed E-state index contributed by atoms with van der Waals surface area (Å²) in [4.78, 5) is 23.2. The van der Waals surface area contributed by atoms with Crippen molar-refractivity contribution in [1.29, 1.82) is 0 Å². The number of hydrogen-bond acceptors (Lipinski definition) is 6. The Morgan fingerprint density at radius 3 is 2.64 bits per heavy atom. The van der Waals surface area contributed by atoms with Gasteiger partial charge in [0, 0.05) is 49.2 Å². The minimum absolute atomic E-state index is 0.122. The Balaban J connectivity index is 1.25. The van der Waals surface area contributed by atoms with Crippen LogP contribution in [-0.4, -0.2) is 59.0 Å². The normalized spacial score (nSPS) is 15.5. The van der Waals surface area contributed by atoms with Crippen LogP contribution in [-0.2, 0) is 6.54 Å². The van der Waals surface area contributed by atoms with Gasteiger partial charge in [-0.05, 0) is 41.5 Å². The van der Waals surface area contributed by atoms with E-state index in [0.717, 1.165) is 16.6 Å². The Kier molecular flexibility index (Phi) is 5.41. The first-order valence-electron chi connectivity index (χ1n) is 12.4. The van der Waals surface area contributed by atoms with E-state index in [1.54, 1.807) is 35.8 Å². The molecule has 1 aliphatic rings. The van der Waals surface area contributed by atoms with E-state index in [0.29, 0.717) is 58.0 Å². The zero-order valence-electron chi connectivity index (χ0n) is 20.5. The lowest BCUT2D eigenvalue weighted by Crippen LogP contribution is -2.24. The van der Waals surface area contributed by atoms with E-state index in [4.69, 9.17) is 9.97 Å². The quantitative estimate of drug-likeness (QED) is 0.303. The van der Waals surface area contributed by atoms with Gasteiger partial charge in [-0.1, -0.05) is 12.1 Å². The smallest absolute Gasteiger partial charge is 0.261 e. The number of halogens is 3. The molecule has 0 bridgehead atoms. The summed E-state index contributed by atoms with van der Waals surface area (Å²) < 4.78 is 41.1. The molecule has 0 unspecified atom stereocenters. The standard InChI is InChI=1S/C28H21F3N8/c29-19-3-1-2-17(9-19)20-12-33-13-23-24(20)36-27(35-23)26-25-22(37-38-26)5-4-21(34-25)18-8-16(10-32-11-18)14-39-7-6-28(30,31)15-39/h1-5,8-13H,6-7,14-15H2,(H,35,36)(H,37,38). The molecule has 1 aliphatic heterocycles. The fourth-order valence-electron chi connectivity index (χ4n) is 5.05. The molecule has 194 valence electrons. The summed E-state index contributed by atoms with van der Waals surface area (Å²) in [6, 6.07) is 12.0. The third kappa shape index (κ3) is 4.40. The molecule has 5 aromatic heterocycles. The highest BCUT2D eigenvalue weighted by Gasteiger charge is 2.37. The number of likely N-dealkylation sites (tertiary alicyclic amines) is 1. The number of nitrogens with one attached hydrogen (secondary N) is 2. The maximum absolute atomic E-state index is 13.9. The van der Waals surface area contributed by atoms with Crippen molar-refractivity contribution in [2.45, 2.75) is 18.9 Å². The number of rotatable bonds is 5. The van der Waals surface area contributed by atoms with Crippen LogP contribution >= 0.6 is 0 Å². The minimum Gasteiger partial charge on any atom is -0.335 e. The molecule has 1 saturated heterocycles. The number of aromatic nitrogens is 7. The fourth-order valence-corrected chi connectivity index (χ4v) is 5.05. The highest BCUT2D eigenvalue weighted by atomic mass is 19.3. The minimum atomic E-state index is -2.64. The number of imidazole rings is 1. The van der Waals surface area contributed by atoms with Crippen molar-refractivity contribution in [2.24, 2.45) is 0 Å². The van der Waals surface area contributed by atoms with Crippen molar-refractivity contribution in [3.05, 3.63) is 78.6 Å². The van der Waals surface area contributed by atoms with Crippen molar-refractivity contribution < 1.29 is 13.2 Å². The average Bonchev–Trinajstić information content (AvgIpc) is 3.64. The Labute approximate surface area is 220 Å². The molecule has 0 radical (unpaired) electrons. The molecule has 6 heterocycles. The second-order valence-corrected chi connectivity index (χ2v) is 9.74. The number of H-pyrrole nitrogens is 2. The van der Waals surface area contributed by atoms with Crippen LogP contribution in [0.15, 0.2) is 67.3 Å². The molecule has 7 rings (SSSR count). The second kappa shape index (κ2) is 8.98. The third-order valence-electron chi connectivity index (χ3n) is 6.91. The molecular formula is C28H21F3N8. The lowest BCUT2D eigenvalue weighted by molar-refractivity contribution is 0.0115. The maximum Gasteiger partial charge on any atom is 0.261 e. The number of aromatic amines is 2. The van der Waals surface area contributed by atoms with Gasteiger partial charge in [-0.2, -0.15) is 5.10 Å². The Morgan fingerprint density at radius 1 is 0.897 bits per heavy atom. The zero-order valence-corrected chi connectivity index (χ0v) is 20.5. The van der Waals surface area contributed by atoms with Crippen LogP contribution in [0.1, 0.15) is 12.0 Å². The number of nitrogens with zero attached hydrogens (tertiary/aromatic N) is 6. The summed E-state index contributed by atoms with van der Waals surface area (Å²) >= 11 is 0. The summed E-state index contributed by atoms with van der Waals surface area (Å²) in [6.45, 7) is 0.512. The Hall–Kier alpha value is -4.64. The van der Waals surface area contributed by atoms with Gasteiger partial charge in [-0.3, -0.25) is 20.0 Å². The van der Waals surface area contributed by atoms with Crippen molar-refractivity contribution in [3.63, 3.8) is 0 Å². The van der Waals surface area contributed by atoms with Crippen LogP contribution in [0.5, 0.6) is 0 Å². The predicted molar refractivity (Wildman–Crippen MR) is 140 cm³/mol. The number of alkyl halides is 2. The SMILES string of the molecule is Fc1cccc(-c2cncc3[nH]c(-c4n[nH]c5ccc(-c6cncc(CN7CCC(F)(F)C7)c6)nc45)nc23)c1. The first-order chi connectivity index (χ1) is 18.9. The van der Waals surface area contributed by atoms with Gasteiger partial charge in [0.1, 0.15) is 11.3 Å². The van der Waals surface area contributed by atoms with E-state index in [2.05, 4.69) is 25.1 Å². The largest absolute Gasteiger partial charge is 0.335 e. The van der Waals surface area contributed by atoms with Crippen LogP contribution < -0.4 is 0 Å². The maximum atomic E-state index is 13.9. The number of hydrogen-bond donors (Lipinski definition) is 2. The summed E-state index contributed by atoms with van der Waals surface area (Å²) in [5.74, 6) is -2.49. The molecule has 2 N–H and O–H groups in total. The molecule has 39 heavy (non-hydrogen) atoms. The molecule has 8 nitrogen and oxygen atoms in total. The highest BCUT2D eigenvalue weighted by molar-refractivity contribution is 5.95. The van der Waals surface area contributed by atoms with Crippen LogP contribution in [0.3, 0.4) is 0 Å². The van der Waals surface area contributed by atoms with E-state index >= 15 is 0 Å². The topological polar surface area (TPSA) is 99.3 Å². The van der Waals surface area contributed by atoms with Gasteiger partial charge in [-0.25, -0.2) is 23.1 Å². The summed E-state index contributed by atoms with van der Waals surface area (Å²) in [5, 5.41) is 7.46. The van der Waals surface area contributed by atoms with Gasteiger partial charge in [0.25, 0.3) is 5.92 Å². The van der Waals surface area contributed by atoms with Crippen molar-refractivity contribution in [1.82, 2.24) is 40.0 Å². The van der Waals surface area contributed by atoms with Crippen molar-refractivity contribution in [3.8, 4) is 33.9 Å². The first-order valence-corrected chi connectivity index (χ1v) is 12.4. The lowest BCUT2D eigenvalue weighted by atomic mass is 10.1. The van der Waals surface area contributed by atoms with Crippen LogP contribution in [0.4, 0.5) is 13.2 Å². The van der Waals surface area contributed by atoms with Crippen LogP contribution in [0.2, 0.25) is 0 Å². The number of benzene rings is 1. The molecule has 0 spiro atoms. The fraction of sp³-hybridized carbons (Fsp3) is 0.179. The van der Waals surface area contributed by atoms with Gasteiger partial charge in [0.15, 0.2) is 11.5 Å². The molecule has 0 aliphatic carbocycles. The predicted octanol–water partition coefficient (Wildman–Crippen LogP) is 5.61. The summed E-state index contributed by atoms with van der Waals surface area (Å²) in [6.07, 6.45) is 6.59. The van der Waals surface area contributed by atoms with E-state index in [1.807, 2.05) is 24.3 Å². The first kappa shape index (κ1) is 23.5. The summed E-state index contributed by atoms with van der Waals surface area (Å²) in [5.41, 5.74) is 6.83. The monoisotopic (exact) mass is 526 g/mol. The van der Waals surface area contributed by atoms with Gasteiger partial charge >= 0.3 is 0 Å². The number of pyridine rings is 3. The average molecular weight is 527 g/mol. The van der Waals surface area contributed by atoms with Gasteiger partial charge in [0.2, 0.25) is 0 Å². The molecule has 11 heteroatoms. The molecule has 1 fully saturated rings. The zero-order chi connectivity index (χ0) is 26.6. The van der Waals surface area contributed by atoms with E-state index in [1.165, 1.54) is 12.1 Å². The molecule has 1 aromatic carbocycles. The van der Waals surface area contributed by atoms with Crippen molar-refractivity contribution in [2.75, 3.05) is 13.1 Å². The second-order valence-electron chi connectivity index (χ2n) is 9.74. The molecule has 0 amide bonds. The number of fused-ring (bicyclic) bond motifs is 2. The summed E-state index contributed by atoms with van der Waals surface area (Å²) in [7, 11) is 0. The van der Waals surface area contributed by atoms with E-state index in [9.17, 15) is 13.2 Å². The molecule has 0 saturated carbocycles. The molecular weight excluding hydrogens is 505 g/mol. The van der Waals surface area contributed by atoms with Gasteiger partial charge in [0.05, 0.1) is 35.0 Å². The third-order valence-corrected chi connectivity index (χ3v) is 6.91. The van der Waals surface area contributed by atoms with Crippen LogP contribution in [0.25, 0.3) is 56.0 Å². The van der Waals surface area contributed by atoms with Gasteiger partial charge in [-0.15, -0.1) is 0 Å². The highest BCUT2D eigenvalue weighted by Crippen LogP contribution is 2.32. The van der Waals surface area contributed by atoms with E-state index in [-0.39, 0.29) is 18.8 Å². The lowest BCUT2D eigenvalue weighted by Gasteiger charge is -2.15. The molecule has 0 atom stereocenters. The van der Waals surface area contributed by atoms with E-state index < -0.39 is 5.92 Å². The van der Waals surface area contributed by atoms with Gasteiger partial charge < -0.3 is 4.98 Å². The van der Waals surface area contributed by atoms with Crippen molar-refractivity contribution >= 4 is 22.1 Å². The van der Waals surface area contributed by atoms with Crippen LogP contribution in [0, 0.1) is 5.82 Å².